The zero-order valence-corrected chi connectivity index (χ0v) is 10.1. The van der Waals surface area contributed by atoms with Gasteiger partial charge in [0.05, 0.1) is 0 Å². The van der Waals surface area contributed by atoms with E-state index in [-0.39, 0.29) is 5.91 Å². The van der Waals surface area contributed by atoms with Crippen LogP contribution in [0.4, 0.5) is 5.69 Å². The fourth-order valence-corrected chi connectivity index (χ4v) is 1.96. The highest BCUT2D eigenvalue weighted by atomic mass is 35.5. The van der Waals surface area contributed by atoms with Gasteiger partial charge in [0.25, 0.3) is 5.91 Å². The van der Waals surface area contributed by atoms with E-state index in [0.717, 1.165) is 5.56 Å². The lowest BCUT2D eigenvalue weighted by Crippen LogP contribution is -2.12. The van der Waals surface area contributed by atoms with Crippen molar-refractivity contribution in [3.8, 4) is 0 Å². The standard InChI is InChI=1S/C11H9ClN2OS/c1-7-8(12)3-2-4-9(7)14-10(15)11-13-5-6-16-11/h2-6H,1H3,(H,14,15). The van der Waals surface area contributed by atoms with Gasteiger partial charge in [0.2, 0.25) is 0 Å². The number of rotatable bonds is 2. The van der Waals surface area contributed by atoms with Crippen LogP contribution in [0.15, 0.2) is 29.8 Å². The predicted octanol–water partition coefficient (Wildman–Crippen LogP) is 3.36. The van der Waals surface area contributed by atoms with Crippen molar-refractivity contribution in [1.29, 1.82) is 0 Å². The highest BCUT2D eigenvalue weighted by Gasteiger charge is 2.10. The second-order valence-corrected chi connectivity index (χ2v) is 4.51. The van der Waals surface area contributed by atoms with E-state index in [1.165, 1.54) is 11.3 Å². The summed E-state index contributed by atoms with van der Waals surface area (Å²) in [5.74, 6) is -0.208. The van der Waals surface area contributed by atoms with Crippen LogP contribution in [-0.4, -0.2) is 10.9 Å². The minimum absolute atomic E-state index is 0.208. The third-order valence-electron chi connectivity index (χ3n) is 2.14. The van der Waals surface area contributed by atoms with Gasteiger partial charge in [-0.15, -0.1) is 11.3 Å². The molecule has 1 amide bonds. The van der Waals surface area contributed by atoms with Gasteiger partial charge in [0.1, 0.15) is 0 Å². The van der Waals surface area contributed by atoms with Crippen LogP contribution in [0.25, 0.3) is 0 Å². The summed E-state index contributed by atoms with van der Waals surface area (Å²) in [5, 5.41) is 5.62. The Hall–Kier alpha value is -1.39. The maximum atomic E-state index is 11.7. The van der Waals surface area contributed by atoms with Gasteiger partial charge in [-0.2, -0.15) is 0 Å². The molecular weight excluding hydrogens is 244 g/mol. The first-order valence-corrected chi connectivity index (χ1v) is 5.90. The van der Waals surface area contributed by atoms with Gasteiger partial charge in [0, 0.05) is 22.3 Å². The molecule has 0 saturated heterocycles. The van der Waals surface area contributed by atoms with Gasteiger partial charge < -0.3 is 5.32 Å². The third kappa shape index (κ3) is 2.23. The van der Waals surface area contributed by atoms with E-state index in [1.807, 2.05) is 13.0 Å². The molecule has 16 heavy (non-hydrogen) atoms. The Kier molecular flexibility index (Phi) is 3.22. The van der Waals surface area contributed by atoms with Crippen LogP contribution in [0.3, 0.4) is 0 Å². The Morgan fingerprint density at radius 2 is 2.31 bits per heavy atom. The van der Waals surface area contributed by atoms with Crippen LogP contribution in [-0.2, 0) is 0 Å². The highest BCUT2D eigenvalue weighted by molar-refractivity contribution is 7.11. The monoisotopic (exact) mass is 252 g/mol. The zero-order valence-electron chi connectivity index (χ0n) is 8.53. The van der Waals surface area contributed by atoms with Crippen LogP contribution >= 0.6 is 22.9 Å². The average Bonchev–Trinajstić information content (AvgIpc) is 2.78. The smallest absolute Gasteiger partial charge is 0.284 e. The number of thiazole rings is 1. The number of halogens is 1. The number of amides is 1. The van der Waals surface area contributed by atoms with E-state index in [2.05, 4.69) is 10.3 Å². The van der Waals surface area contributed by atoms with Crippen molar-refractivity contribution < 1.29 is 4.79 Å². The van der Waals surface area contributed by atoms with Crippen LogP contribution in [0.1, 0.15) is 15.4 Å². The Labute approximate surface area is 102 Å². The normalized spacial score (nSPS) is 10.1. The molecule has 0 radical (unpaired) electrons. The van der Waals surface area contributed by atoms with Crippen molar-refractivity contribution in [2.45, 2.75) is 6.92 Å². The summed E-state index contributed by atoms with van der Waals surface area (Å²) >= 11 is 7.26. The molecule has 2 aromatic rings. The van der Waals surface area contributed by atoms with E-state index in [9.17, 15) is 4.79 Å². The molecule has 1 N–H and O–H groups in total. The summed E-state index contributed by atoms with van der Waals surface area (Å²) in [6.45, 7) is 1.86. The number of aromatic nitrogens is 1. The predicted molar refractivity (Wildman–Crippen MR) is 66.3 cm³/mol. The lowest BCUT2D eigenvalue weighted by molar-refractivity contribution is 0.102. The van der Waals surface area contributed by atoms with E-state index >= 15 is 0 Å². The summed E-state index contributed by atoms with van der Waals surface area (Å²) in [7, 11) is 0. The van der Waals surface area contributed by atoms with E-state index in [4.69, 9.17) is 11.6 Å². The van der Waals surface area contributed by atoms with Gasteiger partial charge in [-0.25, -0.2) is 4.98 Å². The first-order valence-electron chi connectivity index (χ1n) is 4.64. The first-order chi connectivity index (χ1) is 7.68. The van der Waals surface area contributed by atoms with Crippen LogP contribution < -0.4 is 5.32 Å². The maximum absolute atomic E-state index is 11.7. The largest absolute Gasteiger partial charge is 0.320 e. The van der Waals surface area contributed by atoms with Crippen molar-refractivity contribution in [2.75, 3.05) is 5.32 Å². The molecule has 1 aromatic heterocycles. The van der Waals surface area contributed by atoms with Crippen LogP contribution in [0.2, 0.25) is 5.02 Å². The van der Waals surface area contributed by atoms with Crippen molar-refractivity contribution >= 4 is 34.5 Å². The molecule has 0 aliphatic rings. The number of carbonyl (C=O) groups excluding carboxylic acids is 1. The molecule has 0 unspecified atom stereocenters. The molecule has 1 aromatic carbocycles. The summed E-state index contributed by atoms with van der Waals surface area (Å²) in [6.07, 6.45) is 1.60. The molecule has 82 valence electrons. The maximum Gasteiger partial charge on any atom is 0.284 e. The molecule has 3 nitrogen and oxygen atoms in total. The van der Waals surface area contributed by atoms with Crippen molar-refractivity contribution in [3.05, 3.63) is 45.4 Å². The van der Waals surface area contributed by atoms with Gasteiger partial charge >= 0.3 is 0 Å². The van der Waals surface area contributed by atoms with E-state index in [1.54, 1.807) is 23.7 Å². The number of hydrogen-bond donors (Lipinski definition) is 1. The minimum Gasteiger partial charge on any atom is -0.320 e. The number of anilines is 1. The summed E-state index contributed by atoms with van der Waals surface area (Å²) in [4.78, 5) is 15.7. The first kappa shape index (κ1) is 11.1. The second-order valence-electron chi connectivity index (χ2n) is 3.20. The van der Waals surface area contributed by atoms with E-state index in [0.29, 0.717) is 15.7 Å². The molecule has 0 fully saturated rings. The molecule has 0 atom stereocenters. The minimum atomic E-state index is -0.208. The molecular formula is C11H9ClN2OS. The van der Waals surface area contributed by atoms with E-state index < -0.39 is 0 Å². The Balaban J connectivity index is 2.22. The molecule has 5 heteroatoms. The lowest BCUT2D eigenvalue weighted by atomic mass is 10.2. The summed E-state index contributed by atoms with van der Waals surface area (Å²) in [5.41, 5.74) is 1.57. The molecule has 0 aliphatic heterocycles. The molecule has 2 rings (SSSR count). The Bertz CT molecular complexity index is 511. The third-order valence-corrected chi connectivity index (χ3v) is 3.32. The number of carbonyl (C=O) groups is 1. The van der Waals surface area contributed by atoms with Crippen LogP contribution in [0, 0.1) is 6.92 Å². The van der Waals surface area contributed by atoms with Crippen molar-refractivity contribution in [2.24, 2.45) is 0 Å². The lowest BCUT2D eigenvalue weighted by Gasteiger charge is -2.07. The SMILES string of the molecule is Cc1c(Cl)cccc1NC(=O)c1nccs1. The zero-order chi connectivity index (χ0) is 11.5. The fourth-order valence-electron chi connectivity index (χ4n) is 1.25. The topological polar surface area (TPSA) is 42.0 Å². The van der Waals surface area contributed by atoms with Gasteiger partial charge in [-0.1, -0.05) is 17.7 Å². The van der Waals surface area contributed by atoms with Gasteiger partial charge in [0.15, 0.2) is 5.01 Å². The molecule has 1 heterocycles. The number of benzene rings is 1. The highest BCUT2D eigenvalue weighted by Crippen LogP contribution is 2.23. The fraction of sp³-hybridized carbons (Fsp3) is 0.0909. The number of hydrogen-bond acceptors (Lipinski definition) is 3. The molecule has 0 bridgehead atoms. The van der Waals surface area contributed by atoms with Crippen molar-refractivity contribution in [1.82, 2.24) is 4.98 Å². The molecule has 0 saturated carbocycles. The van der Waals surface area contributed by atoms with Gasteiger partial charge in [-0.05, 0) is 24.6 Å². The molecule has 0 aliphatic carbocycles. The van der Waals surface area contributed by atoms with Crippen molar-refractivity contribution in [3.63, 3.8) is 0 Å². The second kappa shape index (κ2) is 4.63. The Morgan fingerprint density at radius 1 is 1.50 bits per heavy atom. The Morgan fingerprint density at radius 3 is 3.00 bits per heavy atom. The number of nitrogens with zero attached hydrogens (tertiary/aromatic N) is 1. The number of nitrogens with one attached hydrogen (secondary N) is 1. The van der Waals surface area contributed by atoms with Crippen LogP contribution in [0.5, 0.6) is 0 Å². The average molecular weight is 253 g/mol. The van der Waals surface area contributed by atoms with Gasteiger partial charge in [-0.3, -0.25) is 4.79 Å². The summed E-state index contributed by atoms with van der Waals surface area (Å²) in [6, 6.07) is 5.40. The molecule has 0 spiro atoms. The summed E-state index contributed by atoms with van der Waals surface area (Å²) < 4.78 is 0. The quantitative estimate of drug-likeness (QED) is 0.891.